The van der Waals surface area contributed by atoms with E-state index in [2.05, 4.69) is 26.1 Å². The van der Waals surface area contributed by atoms with E-state index in [1.165, 1.54) is 12.8 Å². The van der Waals surface area contributed by atoms with Gasteiger partial charge in [-0.05, 0) is 29.6 Å². The fourth-order valence-electron chi connectivity index (χ4n) is 3.05. The first-order chi connectivity index (χ1) is 5.99. The van der Waals surface area contributed by atoms with Crippen molar-refractivity contribution < 1.29 is 0 Å². The van der Waals surface area contributed by atoms with Gasteiger partial charge in [-0.25, -0.2) is 0 Å². The summed E-state index contributed by atoms with van der Waals surface area (Å²) < 4.78 is 0. The van der Waals surface area contributed by atoms with Crippen LogP contribution in [0.1, 0.15) is 33.6 Å². The number of nitroso groups, excluding NO2 is 1. The van der Waals surface area contributed by atoms with E-state index in [1.807, 2.05) is 0 Å². The van der Waals surface area contributed by atoms with Crippen LogP contribution in [0.3, 0.4) is 0 Å². The lowest BCUT2D eigenvalue weighted by Gasteiger charge is -2.48. The SMILES string of the molecule is CC12CCC(CN(N=O)C1)C2(C)C. The van der Waals surface area contributed by atoms with Gasteiger partial charge in [-0.15, -0.1) is 4.91 Å². The highest BCUT2D eigenvalue weighted by molar-refractivity contribution is 5.05. The Balaban J connectivity index is 2.29. The van der Waals surface area contributed by atoms with E-state index in [0.717, 1.165) is 13.1 Å². The molecule has 3 nitrogen and oxygen atoms in total. The molecule has 13 heavy (non-hydrogen) atoms. The molecule has 0 aromatic rings. The maximum absolute atomic E-state index is 10.5. The minimum Gasteiger partial charge on any atom is -0.260 e. The second-order valence-electron chi connectivity index (χ2n) is 5.45. The van der Waals surface area contributed by atoms with Crippen molar-refractivity contribution in [3.8, 4) is 0 Å². The smallest absolute Gasteiger partial charge is 0.0524 e. The fourth-order valence-corrected chi connectivity index (χ4v) is 3.05. The van der Waals surface area contributed by atoms with Crippen molar-refractivity contribution in [2.45, 2.75) is 33.6 Å². The minimum absolute atomic E-state index is 0.295. The van der Waals surface area contributed by atoms with Gasteiger partial charge in [-0.2, -0.15) is 0 Å². The Labute approximate surface area is 79.4 Å². The van der Waals surface area contributed by atoms with Gasteiger partial charge in [-0.1, -0.05) is 20.8 Å². The van der Waals surface area contributed by atoms with Gasteiger partial charge in [0, 0.05) is 13.1 Å². The molecule has 0 aromatic heterocycles. The molecule has 1 heterocycles. The van der Waals surface area contributed by atoms with Crippen molar-refractivity contribution in [1.29, 1.82) is 0 Å². The van der Waals surface area contributed by atoms with Gasteiger partial charge in [0.1, 0.15) is 0 Å². The molecule has 2 fully saturated rings. The van der Waals surface area contributed by atoms with Crippen molar-refractivity contribution in [2.24, 2.45) is 22.0 Å². The van der Waals surface area contributed by atoms with E-state index in [4.69, 9.17) is 0 Å². The zero-order valence-electron chi connectivity index (χ0n) is 8.71. The first-order valence-electron chi connectivity index (χ1n) is 5.08. The Bertz CT molecular complexity index is 239. The molecule has 3 heteroatoms. The maximum atomic E-state index is 10.5. The maximum Gasteiger partial charge on any atom is 0.0524 e. The summed E-state index contributed by atoms with van der Waals surface area (Å²) in [4.78, 5) is 10.5. The summed E-state index contributed by atoms with van der Waals surface area (Å²) in [5.41, 5.74) is 0.679. The summed E-state index contributed by atoms with van der Waals surface area (Å²) in [6.07, 6.45) is 2.51. The number of fused-ring (bicyclic) bond motifs is 2. The Kier molecular flexibility index (Phi) is 1.70. The third-order valence-corrected chi connectivity index (χ3v) is 4.70. The minimum atomic E-state index is 0.295. The van der Waals surface area contributed by atoms with Gasteiger partial charge >= 0.3 is 0 Å². The number of rotatable bonds is 1. The lowest BCUT2D eigenvalue weighted by atomic mass is 9.63. The highest BCUT2D eigenvalue weighted by atomic mass is 16.3. The monoisotopic (exact) mass is 182 g/mol. The first-order valence-corrected chi connectivity index (χ1v) is 5.08. The van der Waals surface area contributed by atoms with E-state index in [9.17, 15) is 4.91 Å². The predicted molar refractivity (Wildman–Crippen MR) is 52.0 cm³/mol. The number of piperidine rings is 1. The van der Waals surface area contributed by atoms with Crippen molar-refractivity contribution in [1.82, 2.24) is 5.01 Å². The lowest BCUT2D eigenvalue weighted by molar-refractivity contribution is -0.0174. The van der Waals surface area contributed by atoms with Crippen molar-refractivity contribution >= 4 is 0 Å². The normalized spacial score (nSPS) is 42.1. The molecule has 0 spiro atoms. The van der Waals surface area contributed by atoms with Crippen LogP contribution in [-0.4, -0.2) is 18.1 Å². The van der Waals surface area contributed by atoms with Gasteiger partial charge in [-0.3, -0.25) is 5.01 Å². The fraction of sp³-hybridized carbons (Fsp3) is 1.00. The lowest BCUT2D eigenvalue weighted by Crippen LogP contribution is -2.50. The molecule has 0 N–H and O–H groups in total. The molecule has 1 aliphatic heterocycles. The van der Waals surface area contributed by atoms with E-state index < -0.39 is 0 Å². The third-order valence-electron chi connectivity index (χ3n) is 4.70. The number of hydrogen-bond donors (Lipinski definition) is 0. The van der Waals surface area contributed by atoms with Gasteiger partial charge in [0.15, 0.2) is 0 Å². The molecule has 2 aliphatic rings. The van der Waals surface area contributed by atoms with Gasteiger partial charge < -0.3 is 0 Å². The number of nitrogens with zero attached hydrogens (tertiary/aromatic N) is 2. The Hall–Kier alpha value is -0.600. The molecule has 2 rings (SSSR count). The van der Waals surface area contributed by atoms with E-state index in [0.29, 0.717) is 16.7 Å². The van der Waals surface area contributed by atoms with Crippen LogP contribution in [0.4, 0.5) is 0 Å². The van der Waals surface area contributed by atoms with Crippen LogP contribution in [-0.2, 0) is 0 Å². The van der Waals surface area contributed by atoms with E-state index in [1.54, 1.807) is 5.01 Å². The summed E-state index contributed by atoms with van der Waals surface area (Å²) in [6.45, 7) is 8.69. The van der Waals surface area contributed by atoms with Crippen LogP contribution in [0.5, 0.6) is 0 Å². The summed E-state index contributed by atoms with van der Waals surface area (Å²) >= 11 is 0. The van der Waals surface area contributed by atoms with Crippen LogP contribution in [0, 0.1) is 21.7 Å². The molecule has 1 aliphatic carbocycles. The summed E-state index contributed by atoms with van der Waals surface area (Å²) in [6, 6.07) is 0. The third kappa shape index (κ3) is 1.02. The average molecular weight is 182 g/mol. The quantitative estimate of drug-likeness (QED) is 0.583. The van der Waals surface area contributed by atoms with Gasteiger partial charge in [0.2, 0.25) is 0 Å². The molecule has 0 radical (unpaired) electrons. The van der Waals surface area contributed by atoms with Crippen LogP contribution >= 0.6 is 0 Å². The highest BCUT2D eigenvalue weighted by Gasteiger charge is 2.55. The van der Waals surface area contributed by atoms with Crippen molar-refractivity contribution in [3.05, 3.63) is 4.91 Å². The second kappa shape index (κ2) is 2.46. The number of hydrogen-bond acceptors (Lipinski definition) is 2. The van der Waals surface area contributed by atoms with E-state index in [-0.39, 0.29) is 0 Å². The zero-order valence-corrected chi connectivity index (χ0v) is 8.71. The largest absolute Gasteiger partial charge is 0.260 e. The second-order valence-corrected chi connectivity index (χ2v) is 5.45. The van der Waals surface area contributed by atoms with Crippen molar-refractivity contribution in [2.75, 3.05) is 13.1 Å². The Morgan fingerprint density at radius 3 is 2.62 bits per heavy atom. The summed E-state index contributed by atoms with van der Waals surface area (Å²) in [5.74, 6) is 0.656. The Morgan fingerprint density at radius 2 is 2.08 bits per heavy atom. The van der Waals surface area contributed by atoms with Crippen molar-refractivity contribution in [3.63, 3.8) is 0 Å². The molecule has 2 unspecified atom stereocenters. The molecular weight excluding hydrogens is 164 g/mol. The van der Waals surface area contributed by atoms with Crippen LogP contribution in [0.25, 0.3) is 0 Å². The molecular formula is C10H18N2O. The van der Waals surface area contributed by atoms with Crippen LogP contribution in [0.15, 0.2) is 5.29 Å². The highest BCUT2D eigenvalue weighted by Crippen LogP contribution is 2.58. The Morgan fingerprint density at radius 1 is 1.38 bits per heavy atom. The standard InChI is InChI=1S/C10H18N2O/c1-9(2)8-4-5-10(9,3)7-12(6-8)11-13/h8H,4-7H2,1-3H3. The molecule has 74 valence electrons. The molecule has 1 saturated carbocycles. The molecule has 2 bridgehead atoms. The van der Waals surface area contributed by atoms with Gasteiger partial charge in [0.25, 0.3) is 0 Å². The topological polar surface area (TPSA) is 32.7 Å². The van der Waals surface area contributed by atoms with Crippen LogP contribution in [0.2, 0.25) is 0 Å². The van der Waals surface area contributed by atoms with E-state index >= 15 is 0 Å². The zero-order chi connectivity index (χ0) is 9.69. The molecule has 0 amide bonds. The predicted octanol–water partition coefficient (Wildman–Crippen LogP) is 2.43. The van der Waals surface area contributed by atoms with Gasteiger partial charge in [0.05, 0.1) is 5.29 Å². The molecule has 0 aromatic carbocycles. The summed E-state index contributed by atoms with van der Waals surface area (Å²) in [5, 5.41) is 4.79. The molecule has 1 saturated heterocycles. The first kappa shape index (κ1) is 8.97. The average Bonchev–Trinajstić information content (AvgIpc) is 2.27. The van der Waals surface area contributed by atoms with Crippen LogP contribution < -0.4 is 0 Å². The molecule has 2 atom stereocenters. The summed E-state index contributed by atoms with van der Waals surface area (Å²) in [7, 11) is 0.